The van der Waals surface area contributed by atoms with Crippen molar-refractivity contribution in [3.8, 4) is 17.2 Å². The predicted molar refractivity (Wildman–Crippen MR) is 160 cm³/mol. The van der Waals surface area contributed by atoms with Gasteiger partial charge >= 0.3 is 0 Å². The fourth-order valence-corrected chi connectivity index (χ4v) is 5.20. The lowest BCUT2D eigenvalue weighted by Gasteiger charge is -2.35. The van der Waals surface area contributed by atoms with Crippen molar-refractivity contribution < 1.29 is 15.3 Å². The van der Waals surface area contributed by atoms with Crippen molar-refractivity contribution in [2.75, 3.05) is 26.2 Å². The molecule has 0 spiro atoms. The van der Waals surface area contributed by atoms with Gasteiger partial charge in [0.1, 0.15) is 5.75 Å². The Balaban J connectivity index is 0.00000324. The summed E-state index contributed by atoms with van der Waals surface area (Å²) in [5, 5.41) is 32.5. The molecular formula is C29H46Br2N2O3. The van der Waals surface area contributed by atoms with Crippen molar-refractivity contribution in [3.63, 3.8) is 0 Å². The summed E-state index contributed by atoms with van der Waals surface area (Å²) in [6.07, 6.45) is 13.0. The van der Waals surface area contributed by atoms with Gasteiger partial charge in [-0.25, -0.2) is 0 Å². The summed E-state index contributed by atoms with van der Waals surface area (Å²) in [7, 11) is 0. The van der Waals surface area contributed by atoms with Gasteiger partial charge in [-0.15, -0.1) is 34.0 Å². The zero-order valence-corrected chi connectivity index (χ0v) is 25.2. The molecule has 0 amide bonds. The first-order valence-electron chi connectivity index (χ1n) is 13.3. The smallest absolute Gasteiger partial charge is 0.157 e. The van der Waals surface area contributed by atoms with E-state index in [0.717, 1.165) is 44.3 Å². The molecule has 1 aliphatic carbocycles. The van der Waals surface area contributed by atoms with E-state index >= 15 is 0 Å². The number of fused-ring (bicyclic) bond motifs is 1. The monoisotopic (exact) mass is 628 g/mol. The highest BCUT2D eigenvalue weighted by Crippen LogP contribution is 2.31. The van der Waals surface area contributed by atoms with Crippen LogP contribution < -0.4 is 5.32 Å². The van der Waals surface area contributed by atoms with E-state index in [1.165, 1.54) is 69.2 Å². The lowest BCUT2D eigenvalue weighted by atomic mass is 9.86. The SMILES string of the molecule is Br.Br.CCCN(CCCCCCCCNCCc1ccc(O)c(O)c1)[C@H]1CCc2c(O)cccc2C1. The van der Waals surface area contributed by atoms with Crippen LogP contribution in [0.15, 0.2) is 36.4 Å². The molecule has 7 heteroatoms. The number of nitrogens with one attached hydrogen (secondary N) is 1. The van der Waals surface area contributed by atoms with Gasteiger partial charge in [0.25, 0.3) is 0 Å². The second-order valence-electron chi connectivity index (χ2n) is 9.79. The van der Waals surface area contributed by atoms with E-state index in [1.807, 2.05) is 18.2 Å². The molecule has 36 heavy (non-hydrogen) atoms. The Morgan fingerprint density at radius 2 is 1.58 bits per heavy atom. The number of unbranched alkanes of at least 4 members (excludes halogenated alkanes) is 5. The number of phenolic OH excluding ortho intramolecular Hbond substituents is 3. The summed E-state index contributed by atoms with van der Waals surface area (Å²) in [5.41, 5.74) is 3.55. The van der Waals surface area contributed by atoms with Gasteiger partial charge < -0.3 is 25.5 Å². The van der Waals surface area contributed by atoms with Crippen LogP contribution in [0.1, 0.15) is 75.0 Å². The molecule has 204 valence electrons. The maximum atomic E-state index is 10.1. The number of benzene rings is 2. The number of rotatable bonds is 15. The average molecular weight is 631 g/mol. The van der Waals surface area contributed by atoms with Crippen LogP contribution >= 0.6 is 34.0 Å². The molecular weight excluding hydrogens is 584 g/mol. The molecule has 0 saturated carbocycles. The largest absolute Gasteiger partial charge is 0.508 e. The summed E-state index contributed by atoms with van der Waals surface area (Å²) >= 11 is 0. The van der Waals surface area contributed by atoms with E-state index in [0.29, 0.717) is 11.8 Å². The highest BCUT2D eigenvalue weighted by Gasteiger charge is 2.24. The topological polar surface area (TPSA) is 76.0 Å². The molecule has 0 radical (unpaired) electrons. The molecule has 0 heterocycles. The van der Waals surface area contributed by atoms with Crippen LogP contribution in [0.25, 0.3) is 0 Å². The minimum absolute atomic E-state index is 0. The predicted octanol–water partition coefficient (Wildman–Crippen LogP) is 6.70. The van der Waals surface area contributed by atoms with E-state index in [4.69, 9.17) is 0 Å². The summed E-state index contributed by atoms with van der Waals surface area (Å²) in [5.74, 6) is 0.376. The molecule has 0 fully saturated rings. The second-order valence-corrected chi connectivity index (χ2v) is 9.79. The molecule has 1 atom stereocenters. The minimum atomic E-state index is -0.0595. The fourth-order valence-electron chi connectivity index (χ4n) is 5.20. The lowest BCUT2D eigenvalue weighted by Crippen LogP contribution is -2.40. The van der Waals surface area contributed by atoms with Crippen molar-refractivity contribution in [2.45, 2.75) is 83.6 Å². The minimum Gasteiger partial charge on any atom is -0.508 e. The molecule has 0 aromatic heterocycles. The van der Waals surface area contributed by atoms with E-state index in [-0.39, 0.29) is 45.5 Å². The van der Waals surface area contributed by atoms with Crippen molar-refractivity contribution in [2.24, 2.45) is 0 Å². The quantitative estimate of drug-likeness (QED) is 0.130. The van der Waals surface area contributed by atoms with Gasteiger partial charge in [-0.2, -0.15) is 0 Å². The molecule has 0 unspecified atom stereocenters. The standard InChI is InChI=1S/C29H44N2O3.2BrH/c1-2-19-31(25-13-14-26-24(22-25)10-9-11-27(26)32)20-8-6-4-3-5-7-17-30-18-16-23-12-15-28(33)29(34)21-23;;/h9-12,15,21,25,30,32-34H,2-8,13-14,16-20,22H2,1H3;2*1H/t25-;;/m0../s1. The van der Waals surface area contributed by atoms with Crippen molar-refractivity contribution in [3.05, 3.63) is 53.1 Å². The van der Waals surface area contributed by atoms with Crippen LogP contribution in [0.2, 0.25) is 0 Å². The molecule has 1 aliphatic rings. The third-order valence-corrected chi connectivity index (χ3v) is 7.14. The summed E-state index contributed by atoms with van der Waals surface area (Å²) in [6.45, 7) is 6.57. The van der Waals surface area contributed by atoms with Gasteiger partial charge in [0, 0.05) is 6.04 Å². The second kappa shape index (κ2) is 18.1. The zero-order valence-electron chi connectivity index (χ0n) is 21.8. The van der Waals surface area contributed by atoms with E-state index in [9.17, 15) is 15.3 Å². The van der Waals surface area contributed by atoms with Crippen LogP contribution in [0.5, 0.6) is 17.2 Å². The maximum Gasteiger partial charge on any atom is 0.157 e. The number of nitrogens with zero attached hydrogens (tertiary/aromatic N) is 1. The number of hydrogen-bond acceptors (Lipinski definition) is 5. The van der Waals surface area contributed by atoms with Crippen LogP contribution in [-0.2, 0) is 19.3 Å². The normalized spacial score (nSPS) is 14.7. The highest BCUT2D eigenvalue weighted by molar-refractivity contribution is 8.93. The molecule has 4 N–H and O–H groups in total. The zero-order chi connectivity index (χ0) is 24.2. The number of phenols is 3. The third-order valence-electron chi connectivity index (χ3n) is 7.14. The van der Waals surface area contributed by atoms with E-state index in [1.54, 1.807) is 12.1 Å². The van der Waals surface area contributed by atoms with Crippen LogP contribution in [-0.4, -0.2) is 52.4 Å². The molecule has 2 aromatic carbocycles. The lowest BCUT2D eigenvalue weighted by molar-refractivity contribution is 0.175. The molecule has 0 aliphatic heterocycles. The number of hydrogen-bond donors (Lipinski definition) is 4. The molecule has 3 rings (SSSR count). The van der Waals surface area contributed by atoms with Gasteiger partial charge in [-0.05, 0) is 106 Å². The van der Waals surface area contributed by atoms with Crippen molar-refractivity contribution >= 4 is 34.0 Å². The fraction of sp³-hybridized carbons (Fsp3) is 0.586. The van der Waals surface area contributed by atoms with Crippen LogP contribution in [0, 0.1) is 0 Å². The van der Waals surface area contributed by atoms with E-state index < -0.39 is 0 Å². The summed E-state index contributed by atoms with van der Waals surface area (Å²) < 4.78 is 0. The van der Waals surface area contributed by atoms with Crippen LogP contribution in [0.4, 0.5) is 0 Å². The Kier molecular flexibility index (Phi) is 16.4. The van der Waals surface area contributed by atoms with Crippen LogP contribution in [0.3, 0.4) is 0 Å². The summed E-state index contributed by atoms with van der Waals surface area (Å²) in [6, 6.07) is 11.7. The molecule has 0 bridgehead atoms. The Labute approximate surface area is 238 Å². The Morgan fingerprint density at radius 3 is 2.33 bits per heavy atom. The molecule has 0 saturated heterocycles. The highest BCUT2D eigenvalue weighted by atomic mass is 79.9. The first kappa shape index (κ1) is 32.7. The number of aromatic hydroxyl groups is 3. The number of halogens is 2. The Hall–Kier alpha value is -1.28. The third kappa shape index (κ3) is 10.6. The Bertz CT molecular complexity index is 882. The first-order valence-corrected chi connectivity index (χ1v) is 13.3. The molecule has 2 aromatic rings. The van der Waals surface area contributed by atoms with Gasteiger partial charge in [-0.3, -0.25) is 0 Å². The maximum absolute atomic E-state index is 10.1. The van der Waals surface area contributed by atoms with Crippen molar-refractivity contribution in [1.82, 2.24) is 10.2 Å². The Morgan fingerprint density at radius 1 is 0.833 bits per heavy atom. The van der Waals surface area contributed by atoms with Gasteiger partial charge in [-0.1, -0.05) is 50.8 Å². The van der Waals surface area contributed by atoms with Gasteiger partial charge in [0.15, 0.2) is 11.5 Å². The van der Waals surface area contributed by atoms with Crippen molar-refractivity contribution in [1.29, 1.82) is 0 Å². The first-order chi connectivity index (χ1) is 16.6. The summed E-state index contributed by atoms with van der Waals surface area (Å²) in [4.78, 5) is 2.70. The van der Waals surface area contributed by atoms with Gasteiger partial charge in [0.2, 0.25) is 0 Å². The van der Waals surface area contributed by atoms with Gasteiger partial charge in [0.05, 0.1) is 0 Å². The average Bonchev–Trinajstić information content (AvgIpc) is 2.84. The molecule has 5 nitrogen and oxygen atoms in total. The van der Waals surface area contributed by atoms with E-state index in [2.05, 4.69) is 23.2 Å².